The van der Waals surface area contributed by atoms with Gasteiger partial charge in [0.2, 0.25) is 0 Å². The molecule has 1 unspecified atom stereocenters. The molecule has 0 amide bonds. The first-order chi connectivity index (χ1) is 9.97. The summed E-state index contributed by atoms with van der Waals surface area (Å²) in [5, 5.41) is 9.43. The van der Waals surface area contributed by atoms with E-state index in [0.29, 0.717) is 12.0 Å². The molecule has 1 atom stereocenters. The molecule has 2 aromatic carbocycles. The minimum absolute atomic E-state index is 0.363. The average Bonchev–Trinajstić information content (AvgIpc) is 2.46. The van der Waals surface area contributed by atoms with Crippen LogP contribution in [0.25, 0.3) is 0 Å². The van der Waals surface area contributed by atoms with Crippen molar-refractivity contribution in [3.63, 3.8) is 0 Å². The highest BCUT2D eigenvalue weighted by atomic mass is 19.1. The smallest absolute Gasteiger partial charge is 0.311 e. The van der Waals surface area contributed by atoms with E-state index in [2.05, 4.69) is 0 Å². The summed E-state index contributed by atoms with van der Waals surface area (Å²) >= 11 is 0. The SMILES string of the molecule is CN(C)c1cccc(CC(C(=O)O)c2ccc(F)cc2)c1. The summed E-state index contributed by atoms with van der Waals surface area (Å²) in [6.45, 7) is 0. The third-order valence-electron chi connectivity index (χ3n) is 3.44. The van der Waals surface area contributed by atoms with Crippen LogP contribution in [0.4, 0.5) is 10.1 Å². The Morgan fingerprint density at radius 2 is 1.86 bits per heavy atom. The molecule has 0 aliphatic carbocycles. The van der Waals surface area contributed by atoms with E-state index >= 15 is 0 Å². The molecule has 0 radical (unpaired) electrons. The Labute approximate surface area is 123 Å². The third kappa shape index (κ3) is 3.81. The Morgan fingerprint density at radius 1 is 1.19 bits per heavy atom. The average molecular weight is 287 g/mol. The molecule has 0 aromatic heterocycles. The maximum absolute atomic E-state index is 13.0. The van der Waals surface area contributed by atoms with E-state index in [1.54, 1.807) is 0 Å². The van der Waals surface area contributed by atoms with E-state index in [4.69, 9.17) is 0 Å². The molecule has 0 saturated carbocycles. The maximum atomic E-state index is 13.0. The van der Waals surface area contributed by atoms with Gasteiger partial charge in [-0.1, -0.05) is 24.3 Å². The molecule has 0 aliphatic rings. The fourth-order valence-corrected chi connectivity index (χ4v) is 2.24. The molecular weight excluding hydrogens is 269 g/mol. The standard InChI is InChI=1S/C17H18FNO2/c1-19(2)15-5-3-4-12(10-15)11-16(17(20)21)13-6-8-14(18)9-7-13/h3-10,16H,11H2,1-2H3,(H,20,21). The van der Waals surface area contributed by atoms with Gasteiger partial charge in [-0.15, -0.1) is 0 Å². The number of rotatable bonds is 5. The lowest BCUT2D eigenvalue weighted by molar-refractivity contribution is -0.138. The molecule has 0 saturated heterocycles. The molecule has 1 N–H and O–H groups in total. The number of nitrogens with zero attached hydrogens (tertiary/aromatic N) is 1. The van der Waals surface area contributed by atoms with E-state index in [0.717, 1.165) is 11.3 Å². The van der Waals surface area contributed by atoms with Crippen molar-refractivity contribution in [1.29, 1.82) is 0 Å². The van der Waals surface area contributed by atoms with Crippen LogP contribution >= 0.6 is 0 Å². The van der Waals surface area contributed by atoms with Crippen LogP contribution in [0.2, 0.25) is 0 Å². The molecule has 2 rings (SSSR count). The number of benzene rings is 2. The van der Waals surface area contributed by atoms with Crippen LogP contribution in [-0.2, 0) is 11.2 Å². The highest BCUT2D eigenvalue weighted by Crippen LogP contribution is 2.24. The van der Waals surface area contributed by atoms with Crippen LogP contribution in [-0.4, -0.2) is 25.2 Å². The number of carboxylic acids is 1. The number of hydrogen-bond acceptors (Lipinski definition) is 2. The summed E-state index contributed by atoms with van der Waals surface area (Å²) in [6.07, 6.45) is 0.378. The molecule has 0 spiro atoms. The van der Waals surface area contributed by atoms with Gasteiger partial charge in [0.25, 0.3) is 0 Å². The quantitative estimate of drug-likeness (QED) is 0.917. The number of aliphatic carboxylic acids is 1. The van der Waals surface area contributed by atoms with Crippen LogP contribution in [0.3, 0.4) is 0 Å². The highest BCUT2D eigenvalue weighted by Gasteiger charge is 2.20. The molecule has 21 heavy (non-hydrogen) atoms. The van der Waals surface area contributed by atoms with E-state index in [1.165, 1.54) is 24.3 Å². The molecule has 0 heterocycles. The van der Waals surface area contributed by atoms with Crippen molar-refractivity contribution >= 4 is 11.7 Å². The predicted octanol–water partition coefficient (Wildman–Crippen LogP) is 3.30. The van der Waals surface area contributed by atoms with Crippen molar-refractivity contribution in [1.82, 2.24) is 0 Å². The zero-order chi connectivity index (χ0) is 15.4. The molecule has 3 nitrogen and oxygen atoms in total. The Balaban J connectivity index is 2.26. The lowest BCUT2D eigenvalue weighted by atomic mass is 9.92. The lowest BCUT2D eigenvalue weighted by Crippen LogP contribution is -2.15. The first-order valence-corrected chi connectivity index (χ1v) is 6.72. The van der Waals surface area contributed by atoms with Crippen LogP contribution in [0, 0.1) is 5.82 Å². The molecule has 110 valence electrons. The van der Waals surface area contributed by atoms with Gasteiger partial charge in [-0.05, 0) is 41.8 Å². The Bertz CT molecular complexity index is 623. The van der Waals surface area contributed by atoms with Crippen molar-refractivity contribution in [3.05, 3.63) is 65.5 Å². The van der Waals surface area contributed by atoms with Crippen molar-refractivity contribution in [2.24, 2.45) is 0 Å². The van der Waals surface area contributed by atoms with E-state index < -0.39 is 11.9 Å². The largest absolute Gasteiger partial charge is 0.481 e. The topological polar surface area (TPSA) is 40.5 Å². The third-order valence-corrected chi connectivity index (χ3v) is 3.44. The first kappa shape index (κ1) is 15.0. The van der Waals surface area contributed by atoms with Crippen molar-refractivity contribution in [2.75, 3.05) is 19.0 Å². The van der Waals surface area contributed by atoms with Gasteiger partial charge in [-0.25, -0.2) is 4.39 Å². The minimum Gasteiger partial charge on any atom is -0.481 e. The Morgan fingerprint density at radius 3 is 2.43 bits per heavy atom. The number of carboxylic acid groups (broad SMARTS) is 1. The fourth-order valence-electron chi connectivity index (χ4n) is 2.24. The zero-order valence-corrected chi connectivity index (χ0v) is 12.1. The molecule has 0 bridgehead atoms. The fraction of sp³-hybridized carbons (Fsp3) is 0.235. The van der Waals surface area contributed by atoms with E-state index in [9.17, 15) is 14.3 Å². The predicted molar refractivity (Wildman–Crippen MR) is 81.2 cm³/mol. The van der Waals surface area contributed by atoms with Crippen LogP contribution in [0.5, 0.6) is 0 Å². The highest BCUT2D eigenvalue weighted by molar-refractivity contribution is 5.76. The van der Waals surface area contributed by atoms with Gasteiger partial charge in [0.05, 0.1) is 5.92 Å². The first-order valence-electron chi connectivity index (χ1n) is 6.72. The number of carbonyl (C=O) groups is 1. The monoisotopic (exact) mass is 287 g/mol. The summed E-state index contributed by atoms with van der Waals surface area (Å²) in [5.41, 5.74) is 2.58. The number of anilines is 1. The molecule has 0 aliphatic heterocycles. The molecule has 4 heteroatoms. The second kappa shape index (κ2) is 6.39. The number of halogens is 1. The summed E-state index contributed by atoms with van der Waals surface area (Å²) in [5.74, 6) is -1.95. The van der Waals surface area contributed by atoms with Gasteiger partial charge in [0.1, 0.15) is 5.82 Å². The van der Waals surface area contributed by atoms with E-state index in [1.807, 2.05) is 43.3 Å². The molecule has 0 fully saturated rings. The van der Waals surface area contributed by atoms with Crippen LogP contribution < -0.4 is 4.90 Å². The summed E-state index contributed by atoms with van der Waals surface area (Å²) in [6, 6.07) is 13.4. The van der Waals surface area contributed by atoms with Gasteiger partial charge < -0.3 is 10.0 Å². The van der Waals surface area contributed by atoms with Crippen LogP contribution in [0.15, 0.2) is 48.5 Å². The van der Waals surface area contributed by atoms with Gasteiger partial charge >= 0.3 is 5.97 Å². The van der Waals surface area contributed by atoms with Crippen molar-refractivity contribution in [2.45, 2.75) is 12.3 Å². The summed E-state index contributed by atoms with van der Waals surface area (Å²) < 4.78 is 13.0. The van der Waals surface area contributed by atoms with Gasteiger partial charge in [0, 0.05) is 19.8 Å². The maximum Gasteiger partial charge on any atom is 0.311 e. The summed E-state index contributed by atoms with van der Waals surface area (Å²) in [7, 11) is 3.88. The second-order valence-electron chi connectivity index (χ2n) is 5.21. The number of hydrogen-bond donors (Lipinski definition) is 1. The van der Waals surface area contributed by atoms with Gasteiger partial charge in [0.15, 0.2) is 0 Å². The van der Waals surface area contributed by atoms with Crippen LogP contribution in [0.1, 0.15) is 17.0 Å². The van der Waals surface area contributed by atoms with E-state index in [-0.39, 0.29) is 5.82 Å². The minimum atomic E-state index is -0.906. The van der Waals surface area contributed by atoms with Crippen molar-refractivity contribution < 1.29 is 14.3 Å². The van der Waals surface area contributed by atoms with Gasteiger partial charge in [-0.3, -0.25) is 4.79 Å². The Kier molecular flexibility index (Phi) is 4.58. The molecule has 2 aromatic rings. The Hall–Kier alpha value is -2.36. The zero-order valence-electron chi connectivity index (χ0n) is 12.1. The second-order valence-corrected chi connectivity index (χ2v) is 5.21. The normalized spacial score (nSPS) is 12.0. The lowest BCUT2D eigenvalue weighted by Gasteiger charge is -2.16. The summed E-state index contributed by atoms with van der Waals surface area (Å²) in [4.78, 5) is 13.5. The van der Waals surface area contributed by atoms with Crippen molar-refractivity contribution in [3.8, 4) is 0 Å². The van der Waals surface area contributed by atoms with Gasteiger partial charge in [-0.2, -0.15) is 0 Å². The molecular formula is C17H18FNO2.